The molecule has 1 heterocycles. The molecule has 18 heavy (non-hydrogen) atoms. The lowest BCUT2D eigenvalue weighted by atomic mass is 10.0. The second-order valence-electron chi connectivity index (χ2n) is 4.46. The number of benzene rings is 1. The molecule has 0 fully saturated rings. The van der Waals surface area contributed by atoms with E-state index in [4.69, 9.17) is 0 Å². The highest BCUT2D eigenvalue weighted by atomic mass is 32.1. The predicted octanol–water partition coefficient (Wildman–Crippen LogP) is 4.20. The molecule has 1 aromatic heterocycles. The molecule has 1 N–H and O–H groups in total. The van der Waals surface area contributed by atoms with Crippen molar-refractivity contribution in [3.05, 3.63) is 57.0 Å². The minimum Gasteiger partial charge on any atom is -0.306 e. The van der Waals surface area contributed by atoms with Crippen molar-refractivity contribution >= 4 is 11.3 Å². The number of hydrogen-bond donors (Lipinski definition) is 1. The van der Waals surface area contributed by atoms with Crippen molar-refractivity contribution < 1.29 is 4.39 Å². The minimum absolute atomic E-state index is 0.0476. The van der Waals surface area contributed by atoms with Crippen LogP contribution in [0.3, 0.4) is 0 Å². The summed E-state index contributed by atoms with van der Waals surface area (Å²) in [6.07, 6.45) is 0. The van der Waals surface area contributed by atoms with Gasteiger partial charge in [-0.15, -0.1) is 11.3 Å². The summed E-state index contributed by atoms with van der Waals surface area (Å²) in [6.45, 7) is 6.92. The Balaban J connectivity index is 2.44. The maximum Gasteiger partial charge on any atom is 0.128 e. The number of thiophene rings is 1. The van der Waals surface area contributed by atoms with Crippen LogP contribution in [0.15, 0.2) is 30.3 Å². The van der Waals surface area contributed by atoms with Gasteiger partial charge in [0.25, 0.3) is 0 Å². The van der Waals surface area contributed by atoms with Crippen molar-refractivity contribution in [1.82, 2.24) is 5.32 Å². The average Bonchev–Trinajstić information content (AvgIpc) is 2.76. The number of hydrogen-bond acceptors (Lipinski definition) is 2. The van der Waals surface area contributed by atoms with Crippen LogP contribution in [0, 0.1) is 19.7 Å². The van der Waals surface area contributed by atoms with Gasteiger partial charge in [0.15, 0.2) is 0 Å². The molecular weight excluding hydrogens is 245 g/mol. The molecule has 0 spiro atoms. The van der Waals surface area contributed by atoms with Crippen LogP contribution in [0.1, 0.15) is 33.8 Å². The molecule has 0 aliphatic carbocycles. The van der Waals surface area contributed by atoms with Gasteiger partial charge in [-0.3, -0.25) is 0 Å². The van der Waals surface area contributed by atoms with Crippen molar-refractivity contribution in [2.24, 2.45) is 0 Å². The molecule has 0 saturated heterocycles. The van der Waals surface area contributed by atoms with Crippen molar-refractivity contribution in [2.75, 3.05) is 6.54 Å². The van der Waals surface area contributed by atoms with Gasteiger partial charge in [-0.1, -0.05) is 24.6 Å². The van der Waals surface area contributed by atoms with Crippen LogP contribution >= 0.6 is 11.3 Å². The lowest BCUT2D eigenvalue weighted by Crippen LogP contribution is -2.22. The van der Waals surface area contributed by atoms with E-state index in [1.54, 1.807) is 17.4 Å². The highest BCUT2D eigenvalue weighted by Crippen LogP contribution is 2.30. The molecule has 3 heteroatoms. The Hall–Kier alpha value is -1.19. The van der Waals surface area contributed by atoms with Gasteiger partial charge >= 0.3 is 0 Å². The number of rotatable bonds is 4. The molecule has 96 valence electrons. The number of halogens is 1. The zero-order valence-corrected chi connectivity index (χ0v) is 11.8. The highest BCUT2D eigenvalue weighted by molar-refractivity contribution is 7.12. The molecule has 0 aliphatic heterocycles. The first-order valence-electron chi connectivity index (χ1n) is 6.17. The Morgan fingerprint density at radius 3 is 2.61 bits per heavy atom. The van der Waals surface area contributed by atoms with E-state index in [0.717, 1.165) is 17.7 Å². The standard InChI is InChI=1S/C15H18FNS/c1-4-17-15(14-8-6-11(3)18-14)12-9-10(2)5-7-13(12)16/h5-9,15,17H,4H2,1-3H3. The van der Waals surface area contributed by atoms with E-state index >= 15 is 0 Å². The maximum absolute atomic E-state index is 14.0. The largest absolute Gasteiger partial charge is 0.306 e. The average molecular weight is 263 g/mol. The lowest BCUT2D eigenvalue weighted by Gasteiger charge is -2.18. The van der Waals surface area contributed by atoms with Crippen LogP contribution < -0.4 is 5.32 Å². The Morgan fingerprint density at radius 1 is 1.22 bits per heavy atom. The normalized spacial score (nSPS) is 12.7. The highest BCUT2D eigenvalue weighted by Gasteiger charge is 2.18. The molecule has 1 unspecified atom stereocenters. The van der Waals surface area contributed by atoms with E-state index < -0.39 is 0 Å². The van der Waals surface area contributed by atoms with Crippen LogP contribution in [-0.2, 0) is 0 Å². The summed E-state index contributed by atoms with van der Waals surface area (Å²) in [7, 11) is 0. The Bertz CT molecular complexity index is 533. The monoisotopic (exact) mass is 263 g/mol. The zero-order chi connectivity index (χ0) is 13.1. The smallest absolute Gasteiger partial charge is 0.128 e. The first kappa shape index (κ1) is 13.2. The molecular formula is C15H18FNS. The molecule has 2 rings (SSSR count). The van der Waals surface area contributed by atoms with E-state index in [2.05, 4.69) is 24.4 Å². The zero-order valence-electron chi connectivity index (χ0n) is 11.0. The summed E-state index contributed by atoms with van der Waals surface area (Å²) in [5, 5.41) is 3.37. The maximum atomic E-state index is 14.0. The summed E-state index contributed by atoms with van der Waals surface area (Å²) in [5.74, 6) is -0.141. The van der Waals surface area contributed by atoms with Crippen LogP contribution in [-0.4, -0.2) is 6.54 Å². The van der Waals surface area contributed by atoms with E-state index in [-0.39, 0.29) is 11.9 Å². The molecule has 2 aromatic rings. The second-order valence-corrected chi connectivity index (χ2v) is 5.78. The number of aryl methyl sites for hydroxylation is 2. The molecule has 1 nitrogen and oxygen atoms in total. The summed E-state index contributed by atoms with van der Waals surface area (Å²) in [5.41, 5.74) is 1.82. The Morgan fingerprint density at radius 2 is 2.00 bits per heavy atom. The lowest BCUT2D eigenvalue weighted by molar-refractivity contribution is 0.562. The molecule has 1 atom stereocenters. The van der Waals surface area contributed by atoms with E-state index in [9.17, 15) is 4.39 Å². The van der Waals surface area contributed by atoms with Crippen molar-refractivity contribution in [1.29, 1.82) is 0 Å². The quantitative estimate of drug-likeness (QED) is 0.871. The molecule has 0 radical (unpaired) electrons. The van der Waals surface area contributed by atoms with Crippen LogP contribution in [0.5, 0.6) is 0 Å². The number of nitrogens with one attached hydrogen (secondary N) is 1. The van der Waals surface area contributed by atoms with E-state index in [1.807, 2.05) is 26.0 Å². The summed E-state index contributed by atoms with van der Waals surface area (Å²) < 4.78 is 14.0. The fourth-order valence-electron chi connectivity index (χ4n) is 2.06. The first-order chi connectivity index (χ1) is 8.61. The third-order valence-corrected chi connectivity index (χ3v) is 3.98. The second kappa shape index (κ2) is 5.63. The van der Waals surface area contributed by atoms with Crippen molar-refractivity contribution in [3.8, 4) is 0 Å². The fourth-order valence-corrected chi connectivity index (χ4v) is 3.03. The molecule has 0 bridgehead atoms. The van der Waals surface area contributed by atoms with Gasteiger partial charge in [-0.05, 0) is 38.6 Å². The SMILES string of the molecule is CCNC(c1ccc(C)s1)c1cc(C)ccc1F. The van der Waals surface area contributed by atoms with Crippen LogP contribution in [0.25, 0.3) is 0 Å². The minimum atomic E-state index is -0.141. The summed E-state index contributed by atoms with van der Waals surface area (Å²) in [4.78, 5) is 2.42. The third-order valence-electron chi connectivity index (χ3n) is 2.92. The van der Waals surface area contributed by atoms with Crippen molar-refractivity contribution in [2.45, 2.75) is 26.8 Å². The van der Waals surface area contributed by atoms with Crippen LogP contribution in [0.2, 0.25) is 0 Å². The van der Waals surface area contributed by atoms with E-state index in [0.29, 0.717) is 0 Å². The van der Waals surface area contributed by atoms with Crippen molar-refractivity contribution in [3.63, 3.8) is 0 Å². The fraction of sp³-hybridized carbons (Fsp3) is 0.333. The molecule has 0 aliphatic rings. The van der Waals surface area contributed by atoms with Gasteiger partial charge in [-0.25, -0.2) is 4.39 Å². The molecule has 1 aromatic carbocycles. The summed E-state index contributed by atoms with van der Waals surface area (Å²) in [6, 6.07) is 9.40. The summed E-state index contributed by atoms with van der Waals surface area (Å²) >= 11 is 1.72. The topological polar surface area (TPSA) is 12.0 Å². The molecule has 0 amide bonds. The van der Waals surface area contributed by atoms with Gasteiger partial charge in [-0.2, -0.15) is 0 Å². The van der Waals surface area contributed by atoms with Gasteiger partial charge < -0.3 is 5.32 Å². The first-order valence-corrected chi connectivity index (χ1v) is 6.99. The van der Waals surface area contributed by atoms with Crippen LogP contribution in [0.4, 0.5) is 4.39 Å². The van der Waals surface area contributed by atoms with Gasteiger partial charge in [0.05, 0.1) is 6.04 Å². The van der Waals surface area contributed by atoms with Gasteiger partial charge in [0.2, 0.25) is 0 Å². The van der Waals surface area contributed by atoms with E-state index in [1.165, 1.54) is 9.75 Å². The Kier molecular flexibility index (Phi) is 4.15. The molecule has 0 saturated carbocycles. The predicted molar refractivity (Wildman–Crippen MR) is 75.7 cm³/mol. The third kappa shape index (κ3) is 2.79. The van der Waals surface area contributed by atoms with Gasteiger partial charge in [0, 0.05) is 15.3 Å². The Labute approximate surface area is 112 Å². The van der Waals surface area contributed by atoms with Gasteiger partial charge in [0.1, 0.15) is 5.82 Å².